The first kappa shape index (κ1) is 15.8. The highest BCUT2D eigenvalue weighted by Crippen LogP contribution is 2.21. The fraction of sp³-hybridized carbons (Fsp3) is 0.429. The Balaban J connectivity index is 2.95. The molecule has 0 radical (unpaired) electrons. The van der Waals surface area contributed by atoms with E-state index in [0.29, 0.717) is 17.9 Å². The van der Waals surface area contributed by atoms with Crippen LogP contribution in [0.4, 0.5) is 21.0 Å². The molecule has 0 aliphatic carbocycles. The maximum absolute atomic E-state index is 11.6. The van der Waals surface area contributed by atoms with Gasteiger partial charge in [-0.3, -0.25) is 4.90 Å². The number of nitrogens with one attached hydrogen (secondary N) is 1. The maximum Gasteiger partial charge on any atom is 0.411 e. The number of anilines is 2. The summed E-state index contributed by atoms with van der Waals surface area (Å²) >= 11 is 0. The Bertz CT molecular complexity index is 486. The molecule has 0 aliphatic heterocycles. The Morgan fingerprint density at radius 1 is 1.30 bits per heavy atom. The second-order valence-corrected chi connectivity index (χ2v) is 5.16. The van der Waals surface area contributed by atoms with Crippen LogP contribution < -0.4 is 10.2 Å². The molecule has 0 bridgehead atoms. The highest BCUT2D eigenvalue weighted by molar-refractivity contribution is 5.91. The van der Waals surface area contributed by atoms with Gasteiger partial charge in [0.2, 0.25) is 0 Å². The van der Waals surface area contributed by atoms with Gasteiger partial charge in [0, 0.05) is 32.0 Å². The summed E-state index contributed by atoms with van der Waals surface area (Å²) in [7, 11) is 3.28. The molecule has 0 saturated heterocycles. The van der Waals surface area contributed by atoms with Gasteiger partial charge in [0.15, 0.2) is 0 Å². The van der Waals surface area contributed by atoms with Gasteiger partial charge in [0.25, 0.3) is 0 Å². The average Bonchev–Trinajstić information content (AvgIpc) is 2.35. The predicted octanol–water partition coefficient (Wildman–Crippen LogP) is 2.92. The Morgan fingerprint density at radius 3 is 2.45 bits per heavy atom. The lowest BCUT2D eigenvalue weighted by atomic mass is 10.2. The van der Waals surface area contributed by atoms with Crippen LogP contribution in [0.3, 0.4) is 0 Å². The molecule has 110 valence electrons. The highest BCUT2D eigenvalue weighted by Gasteiger charge is 2.16. The number of hydrogen-bond donors (Lipinski definition) is 2. The predicted molar refractivity (Wildman–Crippen MR) is 79.4 cm³/mol. The van der Waals surface area contributed by atoms with Gasteiger partial charge in [-0.05, 0) is 24.1 Å². The first-order chi connectivity index (χ1) is 9.31. The van der Waals surface area contributed by atoms with E-state index < -0.39 is 6.09 Å². The van der Waals surface area contributed by atoms with Crippen LogP contribution in [0.25, 0.3) is 0 Å². The van der Waals surface area contributed by atoms with E-state index in [1.54, 1.807) is 38.4 Å². The molecule has 20 heavy (non-hydrogen) atoms. The van der Waals surface area contributed by atoms with E-state index in [-0.39, 0.29) is 11.9 Å². The van der Waals surface area contributed by atoms with Gasteiger partial charge < -0.3 is 15.3 Å². The molecule has 0 saturated carbocycles. The Kier molecular flexibility index (Phi) is 5.37. The Hall–Kier alpha value is -2.24. The number of carboxylic acid groups (broad SMARTS) is 1. The van der Waals surface area contributed by atoms with Gasteiger partial charge >= 0.3 is 12.1 Å². The molecule has 0 aromatic heterocycles. The van der Waals surface area contributed by atoms with Gasteiger partial charge in [-0.1, -0.05) is 19.9 Å². The van der Waals surface area contributed by atoms with Crippen molar-refractivity contribution >= 4 is 23.5 Å². The molecule has 0 atom stereocenters. The number of rotatable bonds is 4. The van der Waals surface area contributed by atoms with Gasteiger partial charge in [0.1, 0.15) is 0 Å². The summed E-state index contributed by atoms with van der Waals surface area (Å²) in [5.41, 5.74) is 1.11. The SMILES string of the molecule is CC(C)CN(C(=O)O)c1cccc(NC(=O)N(C)C)c1. The van der Waals surface area contributed by atoms with Crippen molar-refractivity contribution < 1.29 is 14.7 Å². The summed E-state index contributed by atoms with van der Waals surface area (Å²) in [6, 6.07) is 6.55. The number of nitrogens with zero attached hydrogens (tertiary/aromatic N) is 2. The van der Waals surface area contributed by atoms with Crippen molar-refractivity contribution in [2.24, 2.45) is 5.92 Å². The van der Waals surface area contributed by atoms with Crippen molar-refractivity contribution in [1.82, 2.24) is 4.90 Å². The summed E-state index contributed by atoms with van der Waals surface area (Å²) in [6.45, 7) is 4.31. The first-order valence-electron chi connectivity index (χ1n) is 6.40. The van der Waals surface area contributed by atoms with Gasteiger partial charge in [-0.25, -0.2) is 9.59 Å². The lowest BCUT2D eigenvalue weighted by Gasteiger charge is -2.22. The van der Waals surface area contributed by atoms with Crippen LogP contribution in [0, 0.1) is 5.92 Å². The molecule has 1 rings (SSSR count). The minimum Gasteiger partial charge on any atom is -0.465 e. The number of hydrogen-bond acceptors (Lipinski definition) is 2. The molecular formula is C14H21N3O3. The summed E-state index contributed by atoms with van der Waals surface area (Å²) < 4.78 is 0. The van der Waals surface area contributed by atoms with Gasteiger partial charge in [0.05, 0.1) is 0 Å². The number of carbonyl (C=O) groups is 2. The molecule has 6 heteroatoms. The van der Waals surface area contributed by atoms with Crippen LogP contribution in [-0.4, -0.2) is 42.8 Å². The minimum atomic E-state index is -1.00. The quantitative estimate of drug-likeness (QED) is 0.890. The normalized spacial score (nSPS) is 10.2. The van der Waals surface area contributed by atoms with Crippen molar-refractivity contribution in [2.45, 2.75) is 13.8 Å². The van der Waals surface area contributed by atoms with Gasteiger partial charge in [-0.2, -0.15) is 0 Å². The smallest absolute Gasteiger partial charge is 0.411 e. The second-order valence-electron chi connectivity index (χ2n) is 5.16. The molecule has 0 unspecified atom stereocenters. The molecular weight excluding hydrogens is 258 g/mol. The van der Waals surface area contributed by atoms with E-state index in [2.05, 4.69) is 5.32 Å². The van der Waals surface area contributed by atoms with Crippen LogP contribution in [0.5, 0.6) is 0 Å². The molecule has 6 nitrogen and oxygen atoms in total. The molecule has 2 N–H and O–H groups in total. The van der Waals surface area contributed by atoms with E-state index in [1.165, 1.54) is 9.80 Å². The third-order valence-corrected chi connectivity index (χ3v) is 2.59. The fourth-order valence-corrected chi connectivity index (χ4v) is 1.65. The molecule has 1 aromatic rings. The number of carbonyl (C=O) groups excluding carboxylic acids is 1. The minimum absolute atomic E-state index is 0.214. The molecule has 0 spiro atoms. The monoisotopic (exact) mass is 279 g/mol. The van der Waals surface area contributed by atoms with Crippen LogP contribution in [-0.2, 0) is 0 Å². The summed E-state index contributed by atoms with van der Waals surface area (Å²) in [6.07, 6.45) is -1.00. The zero-order valence-corrected chi connectivity index (χ0v) is 12.3. The molecule has 0 fully saturated rings. The van der Waals surface area contributed by atoms with Crippen LogP contribution in [0.15, 0.2) is 24.3 Å². The van der Waals surface area contributed by atoms with Gasteiger partial charge in [-0.15, -0.1) is 0 Å². The average molecular weight is 279 g/mol. The first-order valence-corrected chi connectivity index (χ1v) is 6.40. The summed E-state index contributed by atoms with van der Waals surface area (Å²) in [5.74, 6) is 0.214. The van der Waals surface area contributed by atoms with E-state index in [0.717, 1.165) is 0 Å². The van der Waals surface area contributed by atoms with E-state index in [9.17, 15) is 14.7 Å². The topological polar surface area (TPSA) is 72.9 Å². The van der Waals surface area contributed by atoms with Crippen molar-refractivity contribution in [3.05, 3.63) is 24.3 Å². The Labute approximate surface area is 119 Å². The third kappa shape index (κ3) is 4.46. The largest absolute Gasteiger partial charge is 0.465 e. The van der Waals surface area contributed by atoms with E-state index >= 15 is 0 Å². The Morgan fingerprint density at radius 2 is 1.95 bits per heavy atom. The summed E-state index contributed by atoms with van der Waals surface area (Å²) in [4.78, 5) is 25.6. The zero-order valence-electron chi connectivity index (χ0n) is 12.3. The highest BCUT2D eigenvalue weighted by atomic mass is 16.4. The standard InChI is InChI=1S/C14H21N3O3/c1-10(2)9-17(14(19)20)12-7-5-6-11(8-12)15-13(18)16(3)4/h5-8,10H,9H2,1-4H3,(H,15,18)(H,19,20). The van der Waals surface area contributed by atoms with Crippen molar-refractivity contribution in [3.63, 3.8) is 0 Å². The number of benzene rings is 1. The van der Waals surface area contributed by atoms with Crippen LogP contribution >= 0.6 is 0 Å². The molecule has 3 amide bonds. The molecule has 0 heterocycles. The number of urea groups is 1. The summed E-state index contributed by atoms with van der Waals surface area (Å²) in [5, 5.41) is 12.0. The van der Waals surface area contributed by atoms with E-state index in [4.69, 9.17) is 0 Å². The number of amides is 3. The molecule has 0 aliphatic rings. The second kappa shape index (κ2) is 6.79. The fourth-order valence-electron chi connectivity index (χ4n) is 1.65. The lowest BCUT2D eigenvalue weighted by molar-refractivity contribution is 0.201. The van der Waals surface area contributed by atoms with E-state index in [1.807, 2.05) is 13.8 Å². The maximum atomic E-state index is 11.6. The van der Waals surface area contributed by atoms with Crippen LogP contribution in [0.1, 0.15) is 13.8 Å². The van der Waals surface area contributed by atoms with Crippen molar-refractivity contribution in [1.29, 1.82) is 0 Å². The van der Waals surface area contributed by atoms with Crippen molar-refractivity contribution in [2.75, 3.05) is 30.9 Å². The zero-order chi connectivity index (χ0) is 15.3. The molecule has 1 aromatic carbocycles. The van der Waals surface area contributed by atoms with Crippen molar-refractivity contribution in [3.8, 4) is 0 Å². The third-order valence-electron chi connectivity index (χ3n) is 2.59. The van der Waals surface area contributed by atoms with Crippen LogP contribution in [0.2, 0.25) is 0 Å². The lowest BCUT2D eigenvalue weighted by Crippen LogP contribution is -2.33.